The molecule has 0 aliphatic heterocycles. The van der Waals surface area contributed by atoms with E-state index in [1.165, 1.54) is 27.2 Å². The minimum absolute atomic E-state index is 0.0669. The van der Waals surface area contributed by atoms with Crippen molar-refractivity contribution >= 4 is 45.6 Å². The summed E-state index contributed by atoms with van der Waals surface area (Å²) in [5, 5.41) is 3.66. The Morgan fingerprint density at radius 2 is 1.68 bits per heavy atom. The van der Waals surface area contributed by atoms with Crippen molar-refractivity contribution in [1.29, 1.82) is 0 Å². The summed E-state index contributed by atoms with van der Waals surface area (Å²) < 4.78 is 6.87. The van der Waals surface area contributed by atoms with Crippen molar-refractivity contribution in [3.05, 3.63) is 74.9 Å². The average Bonchev–Trinajstić information content (AvgIpc) is 3.39. The average molecular weight is 368 g/mol. The fraction of sp³-hybridized carbons (Fsp3) is 0.0556. The van der Waals surface area contributed by atoms with E-state index in [1.54, 1.807) is 18.2 Å². The first-order valence-corrected chi connectivity index (χ1v) is 9.25. The zero-order valence-electron chi connectivity index (χ0n) is 12.9. The lowest BCUT2D eigenvalue weighted by molar-refractivity contribution is 0.0462. The second-order valence-electron chi connectivity index (χ2n) is 5.19. The summed E-state index contributed by atoms with van der Waals surface area (Å²) in [7, 11) is 0. The van der Waals surface area contributed by atoms with Crippen LogP contribution in [0.3, 0.4) is 0 Å². The fourth-order valence-corrected chi connectivity index (χ4v) is 3.77. The largest absolute Gasteiger partial charge is 0.453 e. The van der Waals surface area contributed by atoms with Gasteiger partial charge in [0.15, 0.2) is 5.82 Å². The van der Waals surface area contributed by atoms with Gasteiger partial charge in [0, 0.05) is 0 Å². The Morgan fingerprint density at radius 3 is 2.40 bits per heavy atom. The number of ether oxygens (including phenoxy) is 1. The number of aromatic nitrogens is 2. The summed E-state index contributed by atoms with van der Waals surface area (Å²) in [6.07, 6.45) is 0. The molecule has 4 aromatic rings. The van der Waals surface area contributed by atoms with Gasteiger partial charge >= 0.3 is 5.97 Å². The monoisotopic (exact) mass is 368 g/mol. The smallest absolute Gasteiger partial charge is 0.348 e. The van der Waals surface area contributed by atoms with E-state index in [1.807, 2.05) is 41.1 Å². The molecule has 0 amide bonds. The first-order valence-electron chi connectivity index (χ1n) is 7.49. The summed E-state index contributed by atoms with van der Waals surface area (Å²) in [5.74, 6) is -0.187. The van der Waals surface area contributed by atoms with Crippen LogP contribution in [0.4, 0.5) is 0 Å². The molecule has 0 aliphatic rings. The molecule has 0 N–H and O–H groups in total. The molecular weight excluding hydrogens is 356 g/mol. The zero-order chi connectivity index (χ0) is 17.2. The molecule has 4 rings (SSSR count). The molecule has 0 unspecified atom stereocenters. The third-order valence-corrected chi connectivity index (χ3v) is 5.33. The van der Waals surface area contributed by atoms with Crippen LogP contribution in [0.2, 0.25) is 0 Å². The van der Waals surface area contributed by atoms with Gasteiger partial charge < -0.3 is 4.74 Å². The highest BCUT2D eigenvalue weighted by Crippen LogP contribution is 2.21. The van der Waals surface area contributed by atoms with Gasteiger partial charge in [0.1, 0.15) is 11.5 Å². The van der Waals surface area contributed by atoms with Crippen LogP contribution >= 0.6 is 22.7 Å². The predicted octanol–water partition coefficient (Wildman–Crippen LogP) is 4.20. The third-order valence-electron chi connectivity index (χ3n) is 3.62. The molecule has 0 bridgehead atoms. The highest BCUT2D eigenvalue weighted by atomic mass is 32.1. The Bertz CT molecular complexity index is 1030. The van der Waals surface area contributed by atoms with Crippen molar-refractivity contribution in [2.45, 2.75) is 6.61 Å². The van der Waals surface area contributed by atoms with Gasteiger partial charge in [-0.15, -0.1) is 22.7 Å². The van der Waals surface area contributed by atoms with Crippen LogP contribution in [0, 0.1) is 0 Å². The Hall–Kier alpha value is -2.77. The highest BCUT2D eigenvalue weighted by Gasteiger charge is 2.20. The summed E-state index contributed by atoms with van der Waals surface area (Å²) in [6, 6.07) is 14.5. The first kappa shape index (κ1) is 15.7. The Labute approximate surface area is 151 Å². The number of thiophene rings is 2. The molecule has 0 saturated carbocycles. The number of imidazole rings is 1. The zero-order valence-corrected chi connectivity index (χ0v) is 14.5. The van der Waals surface area contributed by atoms with Gasteiger partial charge in [-0.1, -0.05) is 24.3 Å². The lowest BCUT2D eigenvalue weighted by Gasteiger charge is -2.07. The molecule has 0 atom stereocenters. The maximum absolute atomic E-state index is 12.9. The van der Waals surface area contributed by atoms with Crippen LogP contribution < -0.4 is 0 Å². The molecule has 7 heteroatoms. The van der Waals surface area contributed by atoms with E-state index in [0.29, 0.717) is 26.6 Å². The van der Waals surface area contributed by atoms with Crippen LogP contribution in [0.25, 0.3) is 11.0 Å². The molecule has 0 fully saturated rings. The number of hydrogen-bond acceptors (Lipinski definition) is 6. The second kappa shape index (κ2) is 6.62. The maximum atomic E-state index is 12.9. The second-order valence-corrected chi connectivity index (χ2v) is 7.08. The number of esters is 1. The SMILES string of the molecule is O=C(OCc1nc2ccccc2n1C(=O)c1cccs1)c1cccs1. The first-order chi connectivity index (χ1) is 12.2. The molecule has 0 aliphatic carbocycles. The van der Waals surface area contributed by atoms with E-state index in [4.69, 9.17) is 4.74 Å². The number of fused-ring (bicyclic) bond motifs is 1. The van der Waals surface area contributed by atoms with Crippen LogP contribution in [-0.4, -0.2) is 21.4 Å². The van der Waals surface area contributed by atoms with Crippen molar-refractivity contribution < 1.29 is 14.3 Å². The normalized spacial score (nSPS) is 10.9. The van der Waals surface area contributed by atoms with E-state index in [9.17, 15) is 9.59 Å². The van der Waals surface area contributed by atoms with Crippen molar-refractivity contribution in [1.82, 2.24) is 9.55 Å². The molecule has 5 nitrogen and oxygen atoms in total. The fourth-order valence-electron chi connectivity index (χ4n) is 2.51. The number of hydrogen-bond donors (Lipinski definition) is 0. The topological polar surface area (TPSA) is 61.2 Å². The number of carbonyl (C=O) groups excluding carboxylic acids is 2. The molecule has 124 valence electrons. The third kappa shape index (κ3) is 2.99. The van der Waals surface area contributed by atoms with E-state index in [-0.39, 0.29) is 12.5 Å². The van der Waals surface area contributed by atoms with Gasteiger partial charge in [-0.05, 0) is 35.0 Å². The Kier molecular flexibility index (Phi) is 4.17. The molecule has 0 saturated heterocycles. The quantitative estimate of drug-likeness (QED) is 0.506. The molecule has 3 aromatic heterocycles. The van der Waals surface area contributed by atoms with Crippen molar-refractivity contribution in [2.24, 2.45) is 0 Å². The molecule has 3 heterocycles. The summed E-state index contributed by atoms with van der Waals surface area (Å²) in [4.78, 5) is 30.5. The maximum Gasteiger partial charge on any atom is 0.348 e. The van der Waals surface area contributed by atoms with Gasteiger partial charge in [0.25, 0.3) is 5.91 Å². The predicted molar refractivity (Wildman–Crippen MR) is 97.2 cm³/mol. The summed E-state index contributed by atoms with van der Waals surface area (Å²) in [6.45, 7) is -0.0669. The van der Waals surface area contributed by atoms with Gasteiger partial charge in [0.05, 0.1) is 15.9 Å². The lowest BCUT2D eigenvalue weighted by atomic mass is 10.3. The Morgan fingerprint density at radius 1 is 0.960 bits per heavy atom. The molecule has 0 spiro atoms. The van der Waals surface area contributed by atoms with Crippen molar-refractivity contribution in [3.63, 3.8) is 0 Å². The minimum Gasteiger partial charge on any atom is -0.453 e. The summed E-state index contributed by atoms with van der Waals surface area (Å²) >= 11 is 2.68. The molecule has 1 aromatic carbocycles. The van der Waals surface area contributed by atoms with E-state index in [2.05, 4.69) is 4.98 Å². The van der Waals surface area contributed by atoms with Gasteiger partial charge in [-0.3, -0.25) is 9.36 Å². The van der Waals surface area contributed by atoms with Crippen LogP contribution in [-0.2, 0) is 11.3 Å². The number of benzene rings is 1. The van der Waals surface area contributed by atoms with Crippen LogP contribution in [0.1, 0.15) is 25.2 Å². The lowest BCUT2D eigenvalue weighted by Crippen LogP contribution is -2.16. The van der Waals surface area contributed by atoms with Crippen LogP contribution in [0.5, 0.6) is 0 Å². The van der Waals surface area contributed by atoms with Gasteiger partial charge in [-0.2, -0.15) is 0 Å². The minimum atomic E-state index is -0.419. The van der Waals surface area contributed by atoms with Gasteiger partial charge in [0.2, 0.25) is 0 Å². The highest BCUT2D eigenvalue weighted by molar-refractivity contribution is 7.12. The Balaban J connectivity index is 1.69. The number of rotatable bonds is 4. The van der Waals surface area contributed by atoms with E-state index >= 15 is 0 Å². The van der Waals surface area contributed by atoms with Gasteiger partial charge in [-0.25, -0.2) is 9.78 Å². The molecular formula is C18H12N2O3S2. The van der Waals surface area contributed by atoms with E-state index in [0.717, 1.165) is 0 Å². The number of nitrogens with zero attached hydrogens (tertiary/aromatic N) is 2. The molecule has 0 radical (unpaired) electrons. The summed E-state index contributed by atoms with van der Waals surface area (Å²) in [5.41, 5.74) is 1.39. The van der Waals surface area contributed by atoms with Crippen LogP contribution in [0.15, 0.2) is 59.3 Å². The van der Waals surface area contributed by atoms with Crippen molar-refractivity contribution in [2.75, 3.05) is 0 Å². The van der Waals surface area contributed by atoms with Crippen molar-refractivity contribution in [3.8, 4) is 0 Å². The number of para-hydroxylation sites is 2. The standard InChI is InChI=1S/C18H12N2O3S2/c21-17(14-7-3-9-24-14)20-13-6-2-1-5-12(13)19-16(20)11-23-18(22)15-8-4-10-25-15/h1-10H,11H2. The van der Waals surface area contributed by atoms with E-state index < -0.39 is 5.97 Å². The molecule has 25 heavy (non-hydrogen) atoms. The number of carbonyl (C=O) groups is 2.